The minimum absolute atomic E-state index is 0.150. The van der Waals surface area contributed by atoms with Gasteiger partial charge in [-0.05, 0) is 73.9 Å². The van der Waals surface area contributed by atoms with E-state index in [0.29, 0.717) is 6.04 Å². The molecule has 0 bridgehead atoms. The number of aromatic nitrogens is 2. The summed E-state index contributed by atoms with van der Waals surface area (Å²) in [7, 11) is 0. The lowest BCUT2D eigenvalue weighted by atomic mass is 9.94. The van der Waals surface area contributed by atoms with Gasteiger partial charge in [-0.25, -0.2) is 4.98 Å². The van der Waals surface area contributed by atoms with Crippen LogP contribution >= 0.6 is 23.8 Å². The Morgan fingerprint density at radius 3 is 2.59 bits per heavy atom. The van der Waals surface area contributed by atoms with Gasteiger partial charge < -0.3 is 10.3 Å². The maximum atomic E-state index is 6.11. The molecule has 7 heteroatoms. The van der Waals surface area contributed by atoms with Gasteiger partial charge in [-0.15, -0.1) is 0 Å². The minimum atomic E-state index is 0.150. The molecule has 150 valence electrons. The fraction of sp³-hybridized carbons (Fsp3) is 0.318. The van der Waals surface area contributed by atoms with Gasteiger partial charge in [0.2, 0.25) is 0 Å². The number of fused-ring (bicyclic) bond motifs is 1. The maximum Gasteiger partial charge on any atom is 0.184 e. The summed E-state index contributed by atoms with van der Waals surface area (Å²) in [5.74, 6) is 0.997. The molecule has 1 aliphatic rings. The lowest BCUT2D eigenvalue weighted by Crippen LogP contribution is -2.25. The van der Waals surface area contributed by atoms with Crippen LogP contribution in [-0.4, -0.2) is 20.4 Å². The first-order valence-corrected chi connectivity index (χ1v) is 10.7. The van der Waals surface area contributed by atoms with Crippen LogP contribution in [0.1, 0.15) is 50.6 Å². The summed E-state index contributed by atoms with van der Waals surface area (Å²) in [6.07, 6.45) is 6.21. The van der Waals surface area contributed by atoms with E-state index in [9.17, 15) is 0 Å². The molecular weight excluding hydrogens is 402 g/mol. The molecule has 0 amide bonds. The van der Waals surface area contributed by atoms with Gasteiger partial charge in [-0.2, -0.15) is 5.10 Å². The van der Waals surface area contributed by atoms with Crippen LogP contribution in [0.15, 0.2) is 47.6 Å². The standard InChI is InChI=1S/C22H24ClN5S/c1-14(26-27-22(24)29)16-9-12-20-19(13-16)25-21(15-7-10-17(23)11-8-15)28(20)18-5-3-2-4-6-18/h7-13,18H,2-6H2,1H3,(H3,24,27,29)/b26-14-. The van der Waals surface area contributed by atoms with E-state index in [1.807, 2.05) is 31.2 Å². The third kappa shape index (κ3) is 4.28. The molecule has 1 heterocycles. The molecule has 0 atom stereocenters. The molecule has 0 aliphatic heterocycles. The molecule has 1 aliphatic carbocycles. The van der Waals surface area contributed by atoms with Crippen LogP contribution in [0.4, 0.5) is 0 Å². The second-order valence-electron chi connectivity index (χ2n) is 7.48. The molecule has 1 fully saturated rings. The van der Waals surface area contributed by atoms with E-state index in [1.54, 1.807) is 0 Å². The Kier molecular flexibility index (Phi) is 5.83. The zero-order valence-corrected chi connectivity index (χ0v) is 17.9. The number of benzene rings is 2. The zero-order valence-electron chi connectivity index (χ0n) is 16.4. The topological polar surface area (TPSA) is 68.2 Å². The highest BCUT2D eigenvalue weighted by atomic mass is 35.5. The van der Waals surface area contributed by atoms with Crippen molar-refractivity contribution < 1.29 is 0 Å². The summed E-state index contributed by atoms with van der Waals surface area (Å²) in [5, 5.41) is 5.12. The zero-order chi connectivity index (χ0) is 20.4. The molecular formula is C22H24ClN5S. The Labute approximate surface area is 181 Å². The predicted octanol–water partition coefficient (Wildman–Crippen LogP) is 5.42. The highest BCUT2D eigenvalue weighted by molar-refractivity contribution is 7.80. The van der Waals surface area contributed by atoms with Crippen molar-refractivity contribution in [1.82, 2.24) is 15.0 Å². The molecule has 0 radical (unpaired) electrons. The van der Waals surface area contributed by atoms with Gasteiger partial charge in [0, 0.05) is 16.6 Å². The Hall–Kier alpha value is -2.44. The van der Waals surface area contributed by atoms with E-state index in [2.05, 4.69) is 33.3 Å². The lowest BCUT2D eigenvalue weighted by molar-refractivity contribution is 0.362. The lowest BCUT2D eigenvalue weighted by Gasteiger charge is -2.25. The van der Waals surface area contributed by atoms with E-state index in [1.165, 1.54) is 32.1 Å². The van der Waals surface area contributed by atoms with Crippen LogP contribution in [0.2, 0.25) is 5.02 Å². The first-order chi connectivity index (χ1) is 14.0. The van der Waals surface area contributed by atoms with Gasteiger partial charge in [0.15, 0.2) is 5.11 Å². The van der Waals surface area contributed by atoms with Crippen molar-refractivity contribution in [3.63, 3.8) is 0 Å². The van der Waals surface area contributed by atoms with Gasteiger partial charge in [-0.3, -0.25) is 5.43 Å². The second kappa shape index (κ2) is 8.51. The molecule has 1 saturated carbocycles. The quantitative estimate of drug-likeness (QED) is 0.332. The van der Waals surface area contributed by atoms with E-state index in [0.717, 1.165) is 38.7 Å². The van der Waals surface area contributed by atoms with Crippen LogP contribution in [0.5, 0.6) is 0 Å². The molecule has 1 aromatic heterocycles. The molecule has 29 heavy (non-hydrogen) atoms. The second-order valence-corrected chi connectivity index (χ2v) is 8.36. The van der Waals surface area contributed by atoms with Gasteiger partial charge >= 0.3 is 0 Å². The average molecular weight is 426 g/mol. The van der Waals surface area contributed by atoms with Crippen LogP contribution in [0, 0.1) is 0 Å². The maximum absolute atomic E-state index is 6.11. The van der Waals surface area contributed by atoms with Crippen LogP contribution in [0.3, 0.4) is 0 Å². The fourth-order valence-corrected chi connectivity index (χ4v) is 4.21. The molecule has 4 rings (SSSR count). The Bertz CT molecular complexity index is 1060. The van der Waals surface area contributed by atoms with Crippen molar-refractivity contribution in [2.45, 2.75) is 45.1 Å². The summed E-state index contributed by atoms with van der Waals surface area (Å²) in [5.41, 5.74) is 13.1. The molecule has 0 unspecified atom stereocenters. The number of rotatable bonds is 4. The Morgan fingerprint density at radius 2 is 1.90 bits per heavy atom. The van der Waals surface area contributed by atoms with Gasteiger partial charge in [0.05, 0.1) is 16.7 Å². The fourth-order valence-electron chi connectivity index (χ4n) is 4.04. The van der Waals surface area contributed by atoms with Crippen molar-refractivity contribution >= 4 is 45.7 Å². The van der Waals surface area contributed by atoms with Gasteiger partial charge in [0.1, 0.15) is 5.82 Å². The number of imidazole rings is 1. The molecule has 0 saturated heterocycles. The van der Waals surface area contributed by atoms with Crippen LogP contribution in [-0.2, 0) is 0 Å². The third-order valence-electron chi connectivity index (χ3n) is 5.48. The third-order valence-corrected chi connectivity index (χ3v) is 5.83. The first-order valence-electron chi connectivity index (χ1n) is 9.91. The monoisotopic (exact) mass is 425 g/mol. The number of thiocarbonyl (C=S) groups is 1. The van der Waals surface area contributed by atoms with Crippen LogP contribution in [0.25, 0.3) is 22.4 Å². The van der Waals surface area contributed by atoms with Crippen molar-refractivity contribution in [3.05, 3.63) is 53.1 Å². The molecule has 0 spiro atoms. The molecule has 3 aromatic rings. The summed E-state index contributed by atoms with van der Waals surface area (Å²) in [6, 6.07) is 14.7. The number of hydrogen-bond donors (Lipinski definition) is 2. The number of nitrogens with two attached hydrogens (primary N) is 1. The first kappa shape index (κ1) is 19.9. The van der Waals surface area contributed by atoms with Crippen molar-refractivity contribution in [2.75, 3.05) is 0 Å². The molecule has 3 N–H and O–H groups in total. The van der Waals surface area contributed by atoms with E-state index < -0.39 is 0 Å². The van der Waals surface area contributed by atoms with E-state index >= 15 is 0 Å². The smallest absolute Gasteiger partial charge is 0.184 e. The number of halogens is 1. The summed E-state index contributed by atoms with van der Waals surface area (Å²) in [4.78, 5) is 5.02. The number of nitrogens with zero attached hydrogens (tertiary/aromatic N) is 3. The van der Waals surface area contributed by atoms with E-state index in [4.69, 9.17) is 34.5 Å². The minimum Gasteiger partial charge on any atom is -0.375 e. The highest BCUT2D eigenvalue weighted by Crippen LogP contribution is 2.36. The highest BCUT2D eigenvalue weighted by Gasteiger charge is 2.22. The van der Waals surface area contributed by atoms with Crippen molar-refractivity contribution in [1.29, 1.82) is 0 Å². The SMILES string of the molecule is C/C(=N/NC(N)=S)c1ccc2c(c1)nc(-c1ccc(Cl)cc1)n2C1CCCCC1. The summed E-state index contributed by atoms with van der Waals surface area (Å²) in [6.45, 7) is 1.92. The van der Waals surface area contributed by atoms with Crippen molar-refractivity contribution in [2.24, 2.45) is 10.8 Å². The predicted molar refractivity (Wildman–Crippen MR) is 124 cm³/mol. The number of hydrogen-bond acceptors (Lipinski definition) is 3. The summed E-state index contributed by atoms with van der Waals surface area (Å²) >= 11 is 10.9. The van der Waals surface area contributed by atoms with Crippen molar-refractivity contribution in [3.8, 4) is 11.4 Å². The average Bonchev–Trinajstić information content (AvgIpc) is 3.11. The number of hydrazone groups is 1. The summed E-state index contributed by atoms with van der Waals surface area (Å²) < 4.78 is 2.42. The Morgan fingerprint density at radius 1 is 1.17 bits per heavy atom. The molecule has 5 nitrogen and oxygen atoms in total. The van der Waals surface area contributed by atoms with E-state index in [-0.39, 0.29) is 5.11 Å². The normalized spacial score (nSPS) is 15.6. The molecule has 2 aromatic carbocycles. The number of nitrogens with one attached hydrogen (secondary N) is 1. The Balaban J connectivity index is 1.82. The van der Waals surface area contributed by atoms with Gasteiger partial charge in [0.25, 0.3) is 0 Å². The largest absolute Gasteiger partial charge is 0.375 e. The van der Waals surface area contributed by atoms with Gasteiger partial charge in [-0.1, -0.05) is 36.9 Å². The van der Waals surface area contributed by atoms with Crippen LogP contribution < -0.4 is 11.2 Å².